The molecular formula is C72H140N2O6P+. The van der Waals surface area contributed by atoms with Gasteiger partial charge in [-0.2, -0.15) is 0 Å². The first-order chi connectivity index (χ1) is 39.5. The van der Waals surface area contributed by atoms with Crippen molar-refractivity contribution in [3.63, 3.8) is 0 Å². The molecule has 478 valence electrons. The number of carbonyl (C=O) groups is 1. The Labute approximate surface area is 505 Å². The molecule has 3 N–H and O–H groups in total. The molecule has 0 spiro atoms. The zero-order valence-electron chi connectivity index (χ0n) is 54.8. The van der Waals surface area contributed by atoms with E-state index >= 15 is 0 Å². The minimum atomic E-state index is -4.35. The summed E-state index contributed by atoms with van der Waals surface area (Å²) in [5, 5.41) is 14.0. The Balaban J connectivity index is 4.06. The quantitative estimate of drug-likeness (QED) is 0.0243. The summed E-state index contributed by atoms with van der Waals surface area (Å²) in [6.07, 6.45) is 85.4. The van der Waals surface area contributed by atoms with Gasteiger partial charge in [0.2, 0.25) is 5.91 Å². The van der Waals surface area contributed by atoms with Crippen LogP contribution in [0.15, 0.2) is 48.6 Å². The summed E-state index contributed by atoms with van der Waals surface area (Å²) < 4.78 is 23.8. The van der Waals surface area contributed by atoms with Crippen LogP contribution in [0.25, 0.3) is 0 Å². The van der Waals surface area contributed by atoms with Gasteiger partial charge in [-0.15, -0.1) is 0 Å². The number of amides is 1. The highest BCUT2D eigenvalue weighted by molar-refractivity contribution is 7.47. The highest BCUT2D eigenvalue weighted by Gasteiger charge is 2.28. The minimum Gasteiger partial charge on any atom is -0.387 e. The lowest BCUT2D eigenvalue weighted by atomic mass is 10.0. The van der Waals surface area contributed by atoms with Gasteiger partial charge in [0.15, 0.2) is 0 Å². The van der Waals surface area contributed by atoms with Crippen molar-refractivity contribution in [3.05, 3.63) is 48.6 Å². The molecule has 0 aliphatic heterocycles. The van der Waals surface area contributed by atoms with Crippen LogP contribution in [-0.4, -0.2) is 73.4 Å². The number of phosphoric ester groups is 1. The first-order valence-corrected chi connectivity index (χ1v) is 37.0. The lowest BCUT2D eigenvalue weighted by Gasteiger charge is -2.25. The van der Waals surface area contributed by atoms with Crippen molar-refractivity contribution in [2.75, 3.05) is 40.9 Å². The van der Waals surface area contributed by atoms with Crippen LogP contribution >= 0.6 is 7.82 Å². The molecule has 0 aromatic heterocycles. The summed E-state index contributed by atoms with van der Waals surface area (Å²) in [4.78, 5) is 23.4. The lowest BCUT2D eigenvalue weighted by Crippen LogP contribution is -2.45. The normalized spacial score (nSPS) is 13.9. The van der Waals surface area contributed by atoms with E-state index in [9.17, 15) is 19.4 Å². The summed E-state index contributed by atoms with van der Waals surface area (Å²) in [5.41, 5.74) is 0. The molecule has 1 amide bonds. The van der Waals surface area contributed by atoms with Crippen molar-refractivity contribution < 1.29 is 32.9 Å². The van der Waals surface area contributed by atoms with Gasteiger partial charge >= 0.3 is 7.82 Å². The smallest absolute Gasteiger partial charge is 0.387 e. The zero-order valence-corrected chi connectivity index (χ0v) is 55.7. The molecule has 8 nitrogen and oxygen atoms in total. The number of likely N-dealkylation sites (N-methyl/N-ethyl adjacent to an activating group) is 1. The number of quaternary nitrogens is 1. The first-order valence-electron chi connectivity index (χ1n) is 35.5. The predicted octanol–water partition coefficient (Wildman–Crippen LogP) is 22.6. The fraction of sp³-hybridized carbons (Fsp3) is 0.875. The second-order valence-electron chi connectivity index (χ2n) is 25.6. The maximum absolute atomic E-state index is 13.1. The van der Waals surface area contributed by atoms with Crippen molar-refractivity contribution in [3.8, 4) is 0 Å². The Hall–Kier alpha value is -1.54. The first kappa shape index (κ1) is 79.5. The fourth-order valence-corrected chi connectivity index (χ4v) is 11.5. The largest absolute Gasteiger partial charge is 0.472 e. The number of unbranched alkanes of at least 4 members (excludes halogenated alkanes) is 47. The Morgan fingerprint density at radius 2 is 0.704 bits per heavy atom. The van der Waals surface area contributed by atoms with Gasteiger partial charge in [0.05, 0.1) is 39.9 Å². The van der Waals surface area contributed by atoms with Gasteiger partial charge in [-0.1, -0.05) is 339 Å². The number of aliphatic hydroxyl groups excluding tert-OH is 1. The van der Waals surface area contributed by atoms with E-state index in [1.54, 1.807) is 6.08 Å². The van der Waals surface area contributed by atoms with Gasteiger partial charge in [0.25, 0.3) is 0 Å². The summed E-state index contributed by atoms with van der Waals surface area (Å²) >= 11 is 0. The molecule has 3 atom stereocenters. The second-order valence-corrected chi connectivity index (χ2v) is 27.1. The Bertz CT molecular complexity index is 1460. The Morgan fingerprint density at radius 3 is 1.02 bits per heavy atom. The number of nitrogens with zero attached hydrogens (tertiary/aromatic N) is 1. The molecule has 0 radical (unpaired) electrons. The summed E-state index contributed by atoms with van der Waals surface area (Å²) in [6.45, 7) is 4.86. The second kappa shape index (κ2) is 63.0. The number of rotatable bonds is 66. The number of hydrogen-bond donors (Lipinski definition) is 3. The number of aliphatic hydroxyl groups is 1. The van der Waals surface area contributed by atoms with Crippen LogP contribution in [0.2, 0.25) is 0 Å². The molecule has 0 bridgehead atoms. The molecule has 9 heteroatoms. The minimum absolute atomic E-state index is 0.0623. The topological polar surface area (TPSA) is 105 Å². The van der Waals surface area contributed by atoms with Crippen LogP contribution in [-0.2, 0) is 18.4 Å². The number of hydrogen-bond acceptors (Lipinski definition) is 5. The molecule has 0 aliphatic carbocycles. The van der Waals surface area contributed by atoms with Crippen molar-refractivity contribution in [1.29, 1.82) is 0 Å². The Kier molecular flexibility index (Phi) is 61.8. The maximum atomic E-state index is 13.1. The van der Waals surface area contributed by atoms with E-state index in [2.05, 4.69) is 55.6 Å². The van der Waals surface area contributed by atoms with Gasteiger partial charge in [-0.05, 0) is 57.8 Å². The van der Waals surface area contributed by atoms with E-state index in [4.69, 9.17) is 9.05 Å². The third-order valence-corrected chi connectivity index (χ3v) is 17.3. The van der Waals surface area contributed by atoms with Gasteiger partial charge < -0.3 is 19.8 Å². The van der Waals surface area contributed by atoms with Crippen molar-refractivity contribution in [2.45, 2.75) is 366 Å². The Morgan fingerprint density at radius 1 is 0.420 bits per heavy atom. The standard InChI is InChI=1S/C72H139N2O6P/c1-6-8-10-12-14-16-18-20-22-24-26-28-30-32-34-36-37-38-40-42-44-46-48-50-52-54-56-58-60-62-64-66-72(76)73-70(69-80-81(77,78)79-68-67-74(3,4)5)71(75)65-63-61-59-57-55-53-51-49-47-45-43-41-39-35-33-31-29-27-25-23-21-19-17-15-13-11-9-7-2/h18,20,24,26,30,32,63,65,70-71,75H,6-17,19,21-23,25,27-29,31,33-62,64,66-69H2,1-5H3,(H-,73,76,77,78)/p+1/b20-18-,26-24-,32-30-,65-63+. The summed E-state index contributed by atoms with van der Waals surface area (Å²) in [5.74, 6) is -0.172. The SMILES string of the molecule is CCCCCCC/C=C\C/C=C\C/C=C\CCCCCCCCCCCCCCCCCCC(=O)NC(COP(=O)(O)OCC[N+](C)(C)C)C(O)/C=C/CCCCCCCCCCCCCCCCCCCCCCCCCCCC. The predicted molar refractivity (Wildman–Crippen MR) is 355 cm³/mol. The van der Waals surface area contributed by atoms with E-state index in [1.807, 2.05) is 27.2 Å². The molecule has 3 unspecified atom stereocenters. The number of carbonyl (C=O) groups excluding carboxylic acids is 1. The van der Waals surface area contributed by atoms with E-state index < -0.39 is 20.0 Å². The molecule has 0 aromatic carbocycles. The fourth-order valence-electron chi connectivity index (χ4n) is 10.8. The maximum Gasteiger partial charge on any atom is 0.472 e. The molecule has 0 fully saturated rings. The van der Waals surface area contributed by atoms with Crippen LogP contribution < -0.4 is 5.32 Å². The number of phosphoric acid groups is 1. The number of nitrogens with one attached hydrogen (secondary N) is 1. The monoisotopic (exact) mass is 1160 g/mol. The molecular weight excluding hydrogens is 1020 g/mol. The summed E-state index contributed by atoms with van der Waals surface area (Å²) in [6, 6.07) is -0.849. The molecule has 0 saturated carbocycles. The molecule has 0 saturated heterocycles. The third-order valence-electron chi connectivity index (χ3n) is 16.3. The average Bonchev–Trinajstić information content (AvgIpc) is 3.43. The van der Waals surface area contributed by atoms with Crippen molar-refractivity contribution >= 4 is 13.7 Å². The van der Waals surface area contributed by atoms with E-state index in [-0.39, 0.29) is 19.1 Å². The molecule has 81 heavy (non-hydrogen) atoms. The highest BCUT2D eigenvalue weighted by atomic mass is 31.2. The lowest BCUT2D eigenvalue weighted by molar-refractivity contribution is -0.870. The van der Waals surface area contributed by atoms with Gasteiger partial charge in [-0.25, -0.2) is 4.57 Å². The van der Waals surface area contributed by atoms with E-state index in [0.717, 1.165) is 51.4 Å². The highest BCUT2D eigenvalue weighted by Crippen LogP contribution is 2.43. The third kappa shape index (κ3) is 65.9. The molecule has 0 aliphatic rings. The molecule has 0 heterocycles. The van der Waals surface area contributed by atoms with Gasteiger partial charge in [0.1, 0.15) is 13.2 Å². The van der Waals surface area contributed by atoms with Crippen molar-refractivity contribution in [2.24, 2.45) is 0 Å². The molecule has 0 rings (SSSR count). The number of allylic oxidation sites excluding steroid dienone is 7. The van der Waals surface area contributed by atoms with Crippen LogP contribution in [0.3, 0.4) is 0 Å². The van der Waals surface area contributed by atoms with Gasteiger partial charge in [-0.3, -0.25) is 13.8 Å². The van der Waals surface area contributed by atoms with Crippen LogP contribution in [0, 0.1) is 0 Å². The van der Waals surface area contributed by atoms with Crippen LogP contribution in [0.5, 0.6) is 0 Å². The zero-order chi connectivity index (χ0) is 59.1. The summed E-state index contributed by atoms with van der Waals surface area (Å²) in [7, 11) is 1.59. The van der Waals surface area contributed by atoms with Crippen LogP contribution in [0.1, 0.15) is 354 Å². The van der Waals surface area contributed by atoms with E-state index in [1.165, 1.54) is 283 Å². The van der Waals surface area contributed by atoms with Crippen LogP contribution in [0.4, 0.5) is 0 Å². The average molecular weight is 1160 g/mol. The van der Waals surface area contributed by atoms with Crippen molar-refractivity contribution in [1.82, 2.24) is 5.32 Å². The molecule has 0 aromatic rings. The van der Waals surface area contributed by atoms with E-state index in [0.29, 0.717) is 17.4 Å². The van der Waals surface area contributed by atoms with Gasteiger partial charge in [0, 0.05) is 6.42 Å².